The molecule has 5 nitrogen and oxygen atoms in total. The number of guanidine groups is 1. The Hall–Kier alpha value is -0.830. The normalized spacial score (nSPS) is 13.3. The minimum atomic E-state index is -3.20. The number of hydrogen-bond acceptors (Lipinski definition) is 3. The van der Waals surface area contributed by atoms with Gasteiger partial charge in [0.15, 0.2) is 15.8 Å². The van der Waals surface area contributed by atoms with Crippen LogP contribution < -0.4 is 10.6 Å². The standard InChI is InChI=1S/C16H27N3O2S.HI/c1-13(2)14(3)19-16(17-4)18-11-8-12-22(20,21)15-9-6-5-7-10-15;/h5-7,9-10,13-14H,8,11-12H2,1-4H3,(H2,17,18,19);1H. The number of halogens is 1. The molecule has 1 atom stereocenters. The monoisotopic (exact) mass is 453 g/mol. The summed E-state index contributed by atoms with van der Waals surface area (Å²) >= 11 is 0. The zero-order valence-corrected chi connectivity index (χ0v) is 17.4. The SMILES string of the molecule is CN=C(NCCCS(=O)(=O)c1ccccc1)NC(C)C(C)C.I. The summed E-state index contributed by atoms with van der Waals surface area (Å²) in [6, 6.07) is 8.86. The van der Waals surface area contributed by atoms with Crippen molar-refractivity contribution in [3.63, 3.8) is 0 Å². The largest absolute Gasteiger partial charge is 0.356 e. The third kappa shape index (κ3) is 8.01. The fraction of sp³-hybridized carbons (Fsp3) is 0.562. The average molecular weight is 453 g/mol. The molecule has 1 unspecified atom stereocenters. The molecular weight excluding hydrogens is 425 g/mol. The first-order valence-corrected chi connectivity index (χ1v) is 9.27. The summed E-state index contributed by atoms with van der Waals surface area (Å²) in [7, 11) is -1.49. The summed E-state index contributed by atoms with van der Waals surface area (Å²) in [5.74, 6) is 1.33. The average Bonchev–Trinajstić information content (AvgIpc) is 2.50. The fourth-order valence-electron chi connectivity index (χ4n) is 1.79. The Bertz CT molecular complexity index is 574. The second-order valence-electron chi connectivity index (χ2n) is 5.66. The van der Waals surface area contributed by atoms with Crippen LogP contribution in [0.4, 0.5) is 0 Å². The van der Waals surface area contributed by atoms with Crippen LogP contribution in [0.1, 0.15) is 27.2 Å². The van der Waals surface area contributed by atoms with Crippen molar-refractivity contribution in [1.82, 2.24) is 10.6 Å². The van der Waals surface area contributed by atoms with Gasteiger partial charge in [0.2, 0.25) is 0 Å². The summed E-state index contributed by atoms with van der Waals surface area (Å²) in [4.78, 5) is 4.53. The van der Waals surface area contributed by atoms with E-state index in [1.807, 2.05) is 6.07 Å². The predicted octanol–water partition coefficient (Wildman–Crippen LogP) is 2.68. The van der Waals surface area contributed by atoms with E-state index >= 15 is 0 Å². The minimum Gasteiger partial charge on any atom is -0.356 e. The van der Waals surface area contributed by atoms with Gasteiger partial charge in [-0.2, -0.15) is 0 Å². The molecule has 0 aliphatic rings. The van der Waals surface area contributed by atoms with Gasteiger partial charge in [0.1, 0.15) is 0 Å². The molecule has 0 saturated heterocycles. The van der Waals surface area contributed by atoms with Gasteiger partial charge < -0.3 is 10.6 Å². The molecule has 23 heavy (non-hydrogen) atoms. The number of benzene rings is 1. The number of hydrogen-bond donors (Lipinski definition) is 2. The second kappa shape index (κ2) is 10.9. The summed E-state index contributed by atoms with van der Waals surface area (Å²) in [6.45, 7) is 6.93. The Morgan fingerprint density at radius 2 is 1.78 bits per heavy atom. The van der Waals surface area contributed by atoms with E-state index in [1.54, 1.807) is 31.3 Å². The first-order chi connectivity index (χ1) is 10.4. The van der Waals surface area contributed by atoms with Crippen LogP contribution in [0.3, 0.4) is 0 Å². The lowest BCUT2D eigenvalue weighted by Gasteiger charge is -2.20. The highest BCUT2D eigenvalue weighted by atomic mass is 127. The van der Waals surface area contributed by atoms with Crippen molar-refractivity contribution in [3.05, 3.63) is 30.3 Å². The lowest BCUT2D eigenvalue weighted by molar-refractivity contribution is 0.481. The quantitative estimate of drug-likeness (QED) is 0.288. The first-order valence-electron chi connectivity index (χ1n) is 7.62. The molecule has 132 valence electrons. The van der Waals surface area contributed by atoms with E-state index in [2.05, 4.69) is 36.4 Å². The number of aliphatic imine (C=N–C) groups is 1. The maximum atomic E-state index is 12.1. The van der Waals surface area contributed by atoms with Crippen LogP contribution in [0.5, 0.6) is 0 Å². The Kier molecular flexibility index (Phi) is 10.5. The van der Waals surface area contributed by atoms with Crippen LogP contribution in [-0.2, 0) is 9.84 Å². The maximum Gasteiger partial charge on any atom is 0.191 e. The van der Waals surface area contributed by atoms with Gasteiger partial charge in [-0.15, -0.1) is 24.0 Å². The highest BCUT2D eigenvalue weighted by molar-refractivity contribution is 14.0. The van der Waals surface area contributed by atoms with Crippen LogP contribution in [0.25, 0.3) is 0 Å². The van der Waals surface area contributed by atoms with Crippen LogP contribution >= 0.6 is 24.0 Å². The lowest BCUT2D eigenvalue weighted by Crippen LogP contribution is -2.44. The predicted molar refractivity (Wildman–Crippen MR) is 107 cm³/mol. The zero-order valence-electron chi connectivity index (χ0n) is 14.2. The molecule has 2 N–H and O–H groups in total. The molecule has 0 radical (unpaired) electrons. The highest BCUT2D eigenvalue weighted by Gasteiger charge is 2.13. The Morgan fingerprint density at radius 1 is 1.17 bits per heavy atom. The molecule has 1 aromatic rings. The van der Waals surface area contributed by atoms with E-state index in [9.17, 15) is 8.42 Å². The fourth-order valence-corrected chi connectivity index (χ4v) is 3.12. The van der Waals surface area contributed by atoms with Gasteiger partial charge in [-0.3, -0.25) is 4.99 Å². The second-order valence-corrected chi connectivity index (χ2v) is 7.77. The van der Waals surface area contributed by atoms with Crippen LogP contribution in [0.2, 0.25) is 0 Å². The summed E-state index contributed by atoms with van der Waals surface area (Å²) < 4.78 is 24.3. The minimum absolute atomic E-state index is 0. The van der Waals surface area contributed by atoms with Gasteiger partial charge in [-0.25, -0.2) is 8.42 Å². The van der Waals surface area contributed by atoms with Crippen molar-refractivity contribution < 1.29 is 8.42 Å². The third-order valence-corrected chi connectivity index (χ3v) is 5.39. The van der Waals surface area contributed by atoms with Crippen molar-refractivity contribution in [2.24, 2.45) is 10.9 Å². The van der Waals surface area contributed by atoms with Crippen LogP contribution in [-0.4, -0.2) is 39.8 Å². The van der Waals surface area contributed by atoms with E-state index in [4.69, 9.17) is 0 Å². The van der Waals surface area contributed by atoms with Gasteiger partial charge in [-0.1, -0.05) is 32.0 Å². The lowest BCUT2D eigenvalue weighted by atomic mass is 10.1. The molecule has 0 heterocycles. The van der Waals surface area contributed by atoms with Crippen molar-refractivity contribution in [2.75, 3.05) is 19.3 Å². The molecular formula is C16H28IN3O2S. The maximum absolute atomic E-state index is 12.1. The van der Waals surface area contributed by atoms with Gasteiger partial charge in [0.05, 0.1) is 10.6 Å². The van der Waals surface area contributed by atoms with Crippen LogP contribution in [0, 0.1) is 5.92 Å². The molecule has 0 aliphatic heterocycles. The number of nitrogens with one attached hydrogen (secondary N) is 2. The smallest absolute Gasteiger partial charge is 0.191 e. The number of sulfone groups is 1. The first kappa shape index (κ1) is 22.2. The van der Waals surface area contributed by atoms with E-state index in [-0.39, 0.29) is 29.7 Å². The van der Waals surface area contributed by atoms with E-state index in [0.29, 0.717) is 35.8 Å². The topological polar surface area (TPSA) is 70.6 Å². The Balaban J connectivity index is 0.00000484. The molecule has 0 fully saturated rings. The molecule has 0 amide bonds. The summed E-state index contributed by atoms with van der Waals surface area (Å²) in [5.41, 5.74) is 0. The van der Waals surface area contributed by atoms with E-state index in [0.717, 1.165) is 0 Å². The van der Waals surface area contributed by atoms with Gasteiger partial charge in [-0.05, 0) is 31.4 Å². The molecule has 0 saturated carbocycles. The molecule has 7 heteroatoms. The van der Waals surface area contributed by atoms with Crippen molar-refractivity contribution in [3.8, 4) is 0 Å². The molecule has 0 aromatic heterocycles. The summed E-state index contributed by atoms with van der Waals surface area (Å²) in [6.07, 6.45) is 0.536. The van der Waals surface area contributed by atoms with Crippen LogP contribution in [0.15, 0.2) is 40.2 Å². The van der Waals surface area contributed by atoms with Crippen molar-refractivity contribution in [1.29, 1.82) is 0 Å². The molecule has 0 aliphatic carbocycles. The Labute approximate surface area is 157 Å². The zero-order chi connectivity index (χ0) is 16.6. The highest BCUT2D eigenvalue weighted by Crippen LogP contribution is 2.10. The summed E-state index contributed by atoms with van der Waals surface area (Å²) in [5, 5.41) is 6.44. The molecule has 1 rings (SSSR count). The number of nitrogens with zero attached hydrogens (tertiary/aromatic N) is 1. The molecule has 1 aromatic carbocycles. The number of rotatable bonds is 7. The third-order valence-electron chi connectivity index (χ3n) is 3.57. The molecule has 0 spiro atoms. The van der Waals surface area contributed by atoms with Gasteiger partial charge in [0, 0.05) is 19.6 Å². The van der Waals surface area contributed by atoms with Gasteiger partial charge in [0.25, 0.3) is 0 Å². The van der Waals surface area contributed by atoms with Crippen molar-refractivity contribution >= 4 is 39.8 Å². The Morgan fingerprint density at radius 3 is 2.30 bits per heavy atom. The van der Waals surface area contributed by atoms with Gasteiger partial charge >= 0.3 is 0 Å². The van der Waals surface area contributed by atoms with Crippen molar-refractivity contribution in [2.45, 2.75) is 38.1 Å². The van der Waals surface area contributed by atoms with E-state index < -0.39 is 9.84 Å². The van der Waals surface area contributed by atoms with E-state index in [1.165, 1.54) is 0 Å². The molecule has 0 bridgehead atoms.